The third kappa shape index (κ3) is 4.43. The third-order valence-electron chi connectivity index (χ3n) is 2.76. The molecule has 0 spiro atoms. The summed E-state index contributed by atoms with van der Waals surface area (Å²) in [6.45, 7) is -1.13. The molecule has 24 heavy (non-hydrogen) atoms. The quantitative estimate of drug-likeness (QED) is 0.678. The minimum Gasteiger partial charge on any atom is -0.454 e. The van der Waals surface area contributed by atoms with Crippen LogP contribution >= 0.6 is 22.9 Å². The Hall–Kier alpha value is -2.65. The lowest BCUT2D eigenvalue weighted by atomic mass is 10.2. The number of amides is 4. The molecule has 0 aliphatic carbocycles. The number of esters is 1. The summed E-state index contributed by atoms with van der Waals surface area (Å²) in [7, 11) is 0. The summed E-state index contributed by atoms with van der Waals surface area (Å²) in [6.07, 6.45) is 0. The van der Waals surface area contributed by atoms with Gasteiger partial charge < -0.3 is 15.8 Å². The number of carbonyl (C=O) groups excluding carboxylic acids is 4. The molecule has 1 aromatic carbocycles. The van der Waals surface area contributed by atoms with Gasteiger partial charge in [0.2, 0.25) is 0 Å². The second-order valence-electron chi connectivity index (χ2n) is 4.50. The molecule has 0 fully saturated rings. The number of benzene rings is 1. The van der Waals surface area contributed by atoms with E-state index in [1.165, 1.54) is 11.3 Å². The van der Waals surface area contributed by atoms with Crippen molar-refractivity contribution in [3.05, 3.63) is 34.2 Å². The van der Waals surface area contributed by atoms with E-state index in [0.717, 1.165) is 10.1 Å². The molecule has 1 aromatic heterocycles. The number of fused-ring (bicyclic) bond motifs is 1. The first-order chi connectivity index (χ1) is 11.4. The number of imide groups is 1. The number of hydrogen-bond acceptors (Lipinski definition) is 6. The maximum Gasteiger partial charge on any atom is 0.325 e. The van der Waals surface area contributed by atoms with Crippen LogP contribution in [0.4, 0.5) is 4.79 Å². The molecule has 0 aliphatic heterocycles. The Balaban J connectivity index is 1.88. The van der Waals surface area contributed by atoms with Crippen molar-refractivity contribution < 1.29 is 23.9 Å². The fourth-order valence-corrected chi connectivity index (χ4v) is 3.20. The monoisotopic (exact) mass is 369 g/mol. The predicted molar refractivity (Wildman–Crippen MR) is 87.9 cm³/mol. The molecule has 0 saturated carbocycles. The van der Waals surface area contributed by atoms with Crippen LogP contribution in [0.3, 0.4) is 0 Å². The molecule has 0 aliphatic rings. The van der Waals surface area contributed by atoms with Gasteiger partial charge in [-0.15, -0.1) is 11.3 Å². The van der Waals surface area contributed by atoms with Gasteiger partial charge in [0, 0.05) is 10.1 Å². The number of ether oxygens (including phenoxy) is 1. The van der Waals surface area contributed by atoms with Crippen LogP contribution < -0.4 is 16.4 Å². The topological polar surface area (TPSA) is 128 Å². The van der Waals surface area contributed by atoms with E-state index in [4.69, 9.17) is 17.3 Å². The number of halogens is 1. The zero-order valence-corrected chi connectivity index (χ0v) is 13.7. The molecule has 0 unspecified atom stereocenters. The Morgan fingerprint density at radius 2 is 1.92 bits per heavy atom. The molecule has 0 bridgehead atoms. The molecule has 10 heteroatoms. The van der Waals surface area contributed by atoms with Gasteiger partial charge in [-0.3, -0.25) is 19.7 Å². The minimum atomic E-state index is -1.05. The second kappa shape index (κ2) is 7.75. The molecule has 8 nitrogen and oxygen atoms in total. The third-order valence-corrected chi connectivity index (χ3v) is 4.44. The summed E-state index contributed by atoms with van der Waals surface area (Å²) in [5.41, 5.74) is 4.73. The Kier molecular flexibility index (Phi) is 5.72. The van der Waals surface area contributed by atoms with Gasteiger partial charge in [-0.1, -0.05) is 29.8 Å². The SMILES string of the molecule is NC(=O)NC(=O)COC(=O)CNC(=O)c1sc2ccccc2c1Cl. The average Bonchev–Trinajstić information content (AvgIpc) is 2.87. The molecule has 2 rings (SSSR count). The van der Waals surface area contributed by atoms with Crippen LogP contribution in [-0.4, -0.2) is 37.0 Å². The van der Waals surface area contributed by atoms with Crippen molar-refractivity contribution in [1.82, 2.24) is 10.6 Å². The van der Waals surface area contributed by atoms with Crippen molar-refractivity contribution in [2.75, 3.05) is 13.2 Å². The number of hydrogen-bond donors (Lipinski definition) is 3. The van der Waals surface area contributed by atoms with Gasteiger partial charge in [-0.25, -0.2) is 4.79 Å². The number of carbonyl (C=O) groups is 4. The number of nitrogens with one attached hydrogen (secondary N) is 2. The van der Waals surface area contributed by atoms with Crippen LogP contribution in [-0.2, 0) is 14.3 Å². The van der Waals surface area contributed by atoms with E-state index in [1.807, 2.05) is 12.1 Å². The van der Waals surface area contributed by atoms with Gasteiger partial charge in [-0.2, -0.15) is 0 Å². The molecule has 1 heterocycles. The standard InChI is InChI=1S/C14H12ClN3O5S/c15-11-7-3-1-2-4-8(7)24-12(11)13(21)17-5-10(20)23-6-9(19)18-14(16)22/h1-4H,5-6H2,(H,17,21)(H3,16,18,19,22). The summed E-state index contributed by atoms with van der Waals surface area (Å²) in [4.78, 5) is 45.3. The Morgan fingerprint density at radius 1 is 1.21 bits per heavy atom. The van der Waals surface area contributed by atoms with E-state index < -0.39 is 37.0 Å². The van der Waals surface area contributed by atoms with E-state index in [1.54, 1.807) is 17.4 Å². The molecular formula is C14H12ClN3O5S. The molecule has 2 aromatic rings. The lowest BCUT2D eigenvalue weighted by molar-refractivity contribution is -0.147. The van der Waals surface area contributed by atoms with Crippen LogP contribution in [0.1, 0.15) is 9.67 Å². The van der Waals surface area contributed by atoms with Crippen LogP contribution in [0.5, 0.6) is 0 Å². The molecule has 0 radical (unpaired) electrons. The summed E-state index contributed by atoms with van der Waals surface area (Å²) < 4.78 is 5.42. The molecule has 0 atom stereocenters. The fraction of sp³-hybridized carbons (Fsp3) is 0.143. The highest BCUT2D eigenvalue weighted by Crippen LogP contribution is 2.34. The van der Waals surface area contributed by atoms with Gasteiger partial charge in [0.15, 0.2) is 6.61 Å². The predicted octanol–water partition coefficient (Wildman–Crippen LogP) is 1.02. The number of thiophene rings is 1. The minimum absolute atomic E-state index is 0.275. The highest BCUT2D eigenvalue weighted by atomic mass is 35.5. The first-order valence-corrected chi connectivity index (χ1v) is 7.78. The highest BCUT2D eigenvalue weighted by molar-refractivity contribution is 7.21. The van der Waals surface area contributed by atoms with E-state index in [9.17, 15) is 19.2 Å². The van der Waals surface area contributed by atoms with E-state index >= 15 is 0 Å². The molecule has 4 N–H and O–H groups in total. The largest absolute Gasteiger partial charge is 0.454 e. The van der Waals surface area contributed by atoms with E-state index in [2.05, 4.69) is 10.1 Å². The average molecular weight is 370 g/mol. The Labute approximate surface area is 144 Å². The number of urea groups is 1. The summed E-state index contributed by atoms with van der Waals surface area (Å²) in [5, 5.41) is 5.14. The summed E-state index contributed by atoms with van der Waals surface area (Å²) >= 11 is 7.35. The molecule has 4 amide bonds. The number of primary amides is 1. The van der Waals surface area contributed by atoms with Crippen molar-refractivity contribution in [3.8, 4) is 0 Å². The smallest absolute Gasteiger partial charge is 0.325 e. The van der Waals surface area contributed by atoms with Crippen LogP contribution in [0.25, 0.3) is 10.1 Å². The summed E-state index contributed by atoms with van der Waals surface area (Å²) in [5.74, 6) is -2.24. The Bertz CT molecular complexity index is 820. The second-order valence-corrected chi connectivity index (χ2v) is 5.93. The van der Waals surface area contributed by atoms with E-state index in [-0.39, 0.29) is 4.88 Å². The summed E-state index contributed by atoms with van der Waals surface area (Å²) in [6, 6.07) is 6.19. The highest BCUT2D eigenvalue weighted by Gasteiger charge is 2.18. The normalized spacial score (nSPS) is 10.2. The van der Waals surface area contributed by atoms with Crippen LogP contribution in [0.2, 0.25) is 5.02 Å². The lowest BCUT2D eigenvalue weighted by Crippen LogP contribution is -2.38. The van der Waals surface area contributed by atoms with Crippen LogP contribution in [0.15, 0.2) is 24.3 Å². The van der Waals surface area contributed by atoms with Gasteiger partial charge in [0.1, 0.15) is 11.4 Å². The zero-order valence-electron chi connectivity index (χ0n) is 12.1. The number of rotatable bonds is 5. The van der Waals surface area contributed by atoms with Gasteiger partial charge in [0.25, 0.3) is 11.8 Å². The van der Waals surface area contributed by atoms with Gasteiger partial charge in [0.05, 0.1) is 5.02 Å². The van der Waals surface area contributed by atoms with Crippen molar-refractivity contribution >= 4 is 56.8 Å². The molecular weight excluding hydrogens is 358 g/mol. The maximum atomic E-state index is 12.1. The van der Waals surface area contributed by atoms with Crippen molar-refractivity contribution in [3.63, 3.8) is 0 Å². The van der Waals surface area contributed by atoms with Crippen molar-refractivity contribution in [2.45, 2.75) is 0 Å². The number of nitrogens with two attached hydrogens (primary N) is 1. The first-order valence-electron chi connectivity index (χ1n) is 6.58. The molecule has 0 saturated heterocycles. The van der Waals surface area contributed by atoms with Gasteiger partial charge in [-0.05, 0) is 6.07 Å². The van der Waals surface area contributed by atoms with Crippen molar-refractivity contribution in [2.24, 2.45) is 5.73 Å². The van der Waals surface area contributed by atoms with Crippen LogP contribution in [0, 0.1) is 0 Å². The molecule has 126 valence electrons. The zero-order chi connectivity index (χ0) is 17.7. The van der Waals surface area contributed by atoms with E-state index in [0.29, 0.717) is 5.02 Å². The van der Waals surface area contributed by atoms with Crippen molar-refractivity contribution in [1.29, 1.82) is 0 Å². The van der Waals surface area contributed by atoms with Gasteiger partial charge >= 0.3 is 12.0 Å². The lowest BCUT2D eigenvalue weighted by Gasteiger charge is -2.05. The Morgan fingerprint density at radius 3 is 2.58 bits per heavy atom. The first kappa shape index (κ1) is 17.7. The fourth-order valence-electron chi connectivity index (χ4n) is 1.76. The maximum absolute atomic E-state index is 12.1.